The van der Waals surface area contributed by atoms with E-state index in [-0.39, 0.29) is 0 Å². The molecule has 1 saturated heterocycles. The molecule has 1 aromatic carbocycles. The van der Waals surface area contributed by atoms with Gasteiger partial charge in [0.05, 0.1) is 0 Å². The molecule has 0 bridgehead atoms. The fourth-order valence-electron chi connectivity index (χ4n) is 1.78. The Morgan fingerprint density at radius 3 is 2.88 bits per heavy atom. The first-order valence-corrected chi connectivity index (χ1v) is 5.86. The minimum atomic E-state index is 0.695. The second-order valence-corrected chi connectivity index (χ2v) is 4.46. The number of benzene rings is 1. The normalized spacial score (nSPS) is 16.2. The van der Waals surface area contributed by atoms with Crippen LogP contribution in [0.25, 0.3) is 0 Å². The smallest absolute Gasteiger partial charge is 0.119 e. The molecule has 1 N–H and O–H groups in total. The molecule has 16 heavy (non-hydrogen) atoms. The molecule has 2 rings (SSSR count). The summed E-state index contributed by atoms with van der Waals surface area (Å²) in [5.41, 5.74) is 1.24. The standard InChI is InChI=1S/C13H20N2O/c1-11-4-3-5-13(8-11)16-7-6-15(2)12-9-14-10-12/h3-5,8,12,14H,6-7,9-10H2,1-2H3. The summed E-state index contributed by atoms with van der Waals surface area (Å²) in [6.07, 6.45) is 0. The molecule has 0 atom stereocenters. The van der Waals surface area contributed by atoms with E-state index in [1.165, 1.54) is 5.56 Å². The molecule has 1 fully saturated rings. The highest BCUT2D eigenvalue weighted by Crippen LogP contribution is 2.12. The Labute approximate surface area is 97.4 Å². The van der Waals surface area contributed by atoms with Gasteiger partial charge in [0.25, 0.3) is 0 Å². The highest BCUT2D eigenvalue weighted by atomic mass is 16.5. The summed E-state index contributed by atoms with van der Waals surface area (Å²) in [7, 11) is 2.16. The summed E-state index contributed by atoms with van der Waals surface area (Å²) in [6.45, 7) is 6.05. The molecule has 0 saturated carbocycles. The van der Waals surface area contributed by atoms with Crippen LogP contribution in [0, 0.1) is 6.92 Å². The maximum atomic E-state index is 5.71. The van der Waals surface area contributed by atoms with Crippen molar-refractivity contribution in [2.45, 2.75) is 13.0 Å². The minimum Gasteiger partial charge on any atom is -0.492 e. The first-order chi connectivity index (χ1) is 7.75. The third-order valence-corrected chi connectivity index (χ3v) is 3.09. The van der Waals surface area contributed by atoms with Gasteiger partial charge in [-0.3, -0.25) is 4.90 Å². The van der Waals surface area contributed by atoms with Crippen LogP contribution < -0.4 is 10.1 Å². The van der Waals surface area contributed by atoms with Gasteiger partial charge in [0.1, 0.15) is 12.4 Å². The van der Waals surface area contributed by atoms with E-state index in [0.717, 1.165) is 32.0 Å². The fraction of sp³-hybridized carbons (Fsp3) is 0.538. The lowest BCUT2D eigenvalue weighted by Gasteiger charge is -2.35. The third kappa shape index (κ3) is 2.97. The largest absolute Gasteiger partial charge is 0.492 e. The van der Waals surface area contributed by atoms with E-state index in [4.69, 9.17) is 4.74 Å². The first kappa shape index (κ1) is 11.4. The van der Waals surface area contributed by atoms with Crippen LogP contribution in [0.2, 0.25) is 0 Å². The summed E-state index contributed by atoms with van der Waals surface area (Å²) in [4.78, 5) is 2.35. The molecule has 0 radical (unpaired) electrons. The van der Waals surface area contributed by atoms with Crippen LogP contribution >= 0.6 is 0 Å². The van der Waals surface area contributed by atoms with Crippen LogP contribution in [-0.2, 0) is 0 Å². The van der Waals surface area contributed by atoms with Gasteiger partial charge in [0.2, 0.25) is 0 Å². The molecule has 0 amide bonds. The lowest BCUT2D eigenvalue weighted by molar-refractivity contribution is 0.151. The molecule has 0 aromatic heterocycles. The maximum Gasteiger partial charge on any atom is 0.119 e. The van der Waals surface area contributed by atoms with Gasteiger partial charge in [-0.15, -0.1) is 0 Å². The van der Waals surface area contributed by atoms with Crippen LogP contribution in [0.3, 0.4) is 0 Å². The van der Waals surface area contributed by atoms with Gasteiger partial charge < -0.3 is 10.1 Å². The van der Waals surface area contributed by atoms with E-state index in [9.17, 15) is 0 Å². The monoisotopic (exact) mass is 220 g/mol. The molecule has 3 nitrogen and oxygen atoms in total. The maximum absolute atomic E-state index is 5.71. The summed E-state index contributed by atoms with van der Waals surface area (Å²) in [5, 5.41) is 3.28. The molecule has 1 aliphatic heterocycles. The molecule has 1 aliphatic rings. The molecule has 88 valence electrons. The summed E-state index contributed by atoms with van der Waals surface area (Å²) < 4.78 is 5.71. The van der Waals surface area contributed by atoms with Gasteiger partial charge in [0, 0.05) is 25.7 Å². The molecule has 1 aromatic rings. The van der Waals surface area contributed by atoms with Crippen molar-refractivity contribution in [2.24, 2.45) is 0 Å². The first-order valence-electron chi connectivity index (χ1n) is 5.86. The minimum absolute atomic E-state index is 0.695. The van der Waals surface area contributed by atoms with Crippen molar-refractivity contribution in [3.8, 4) is 5.75 Å². The molecular weight excluding hydrogens is 200 g/mol. The summed E-state index contributed by atoms with van der Waals surface area (Å²) in [6, 6.07) is 8.90. The molecule has 0 spiro atoms. The predicted molar refractivity (Wildman–Crippen MR) is 66.0 cm³/mol. The molecule has 3 heteroatoms. The van der Waals surface area contributed by atoms with E-state index in [1.54, 1.807) is 0 Å². The van der Waals surface area contributed by atoms with Crippen LogP contribution in [0.15, 0.2) is 24.3 Å². The Balaban J connectivity index is 1.71. The van der Waals surface area contributed by atoms with Gasteiger partial charge in [-0.2, -0.15) is 0 Å². The average Bonchev–Trinajstić information content (AvgIpc) is 2.15. The predicted octanol–water partition coefficient (Wildman–Crippen LogP) is 1.28. The zero-order valence-electron chi connectivity index (χ0n) is 10.1. The van der Waals surface area contributed by atoms with E-state index in [1.807, 2.05) is 12.1 Å². The van der Waals surface area contributed by atoms with Crippen molar-refractivity contribution in [1.82, 2.24) is 10.2 Å². The number of ether oxygens (including phenoxy) is 1. The second kappa shape index (κ2) is 5.32. The van der Waals surface area contributed by atoms with E-state index < -0.39 is 0 Å². The zero-order valence-corrected chi connectivity index (χ0v) is 10.1. The number of hydrogen-bond acceptors (Lipinski definition) is 3. The molecule has 0 aliphatic carbocycles. The molecule has 0 unspecified atom stereocenters. The van der Waals surface area contributed by atoms with E-state index in [2.05, 4.69) is 36.3 Å². The highest BCUT2D eigenvalue weighted by molar-refractivity contribution is 5.27. The Bertz CT molecular complexity index is 336. The van der Waals surface area contributed by atoms with Crippen LogP contribution in [0.4, 0.5) is 0 Å². The number of nitrogens with zero attached hydrogens (tertiary/aromatic N) is 1. The van der Waals surface area contributed by atoms with Gasteiger partial charge >= 0.3 is 0 Å². The van der Waals surface area contributed by atoms with Crippen LogP contribution in [0.5, 0.6) is 5.75 Å². The summed E-state index contributed by atoms with van der Waals surface area (Å²) >= 11 is 0. The van der Waals surface area contributed by atoms with E-state index in [0.29, 0.717) is 6.04 Å². The Kier molecular flexibility index (Phi) is 3.80. The topological polar surface area (TPSA) is 24.5 Å². The fourth-order valence-corrected chi connectivity index (χ4v) is 1.78. The Morgan fingerprint density at radius 2 is 2.25 bits per heavy atom. The number of rotatable bonds is 5. The van der Waals surface area contributed by atoms with Crippen molar-refractivity contribution in [3.63, 3.8) is 0 Å². The Hall–Kier alpha value is -1.06. The van der Waals surface area contributed by atoms with Crippen LogP contribution in [0.1, 0.15) is 5.56 Å². The number of aryl methyl sites for hydroxylation is 1. The van der Waals surface area contributed by atoms with Gasteiger partial charge in [-0.05, 0) is 31.7 Å². The van der Waals surface area contributed by atoms with Gasteiger partial charge in [-0.25, -0.2) is 0 Å². The SMILES string of the molecule is Cc1cccc(OCCN(C)C2CNC2)c1. The van der Waals surface area contributed by atoms with Crippen molar-refractivity contribution in [3.05, 3.63) is 29.8 Å². The lowest BCUT2D eigenvalue weighted by atomic mass is 10.1. The summed E-state index contributed by atoms with van der Waals surface area (Å²) in [5.74, 6) is 0.972. The van der Waals surface area contributed by atoms with Crippen LogP contribution in [-0.4, -0.2) is 44.2 Å². The molecular formula is C13H20N2O. The van der Waals surface area contributed by atoms with Gasteiger partial charge in [-0.1, -0.05) is 12.1 Å². The zero-order chi connectivity index (χ0) is 11.4. The van der Waals surface area contributed by atoms with Crippen molar-refractivity contribution in [2.75, 3.05) is 33.3 Å². The highest BCUT2D eigenvalue weighted by Gasteiger charge is 2.20. The Morgan fingerprint density at radius 1 is 1.44 bits per heavy atom. The lowest BCUT2D eigenvalue weighted by Crippen LogP contribution is -2.56. The van der Waals surface area contributed by atoms with Crippen molar-refractivity contribution >= 4 is 0 Å². The second-order valence-electron chi connectivity index (χ2n) is 4.46. The van der Waals surface area contributed by atoms with Crippen molar-refractivity contribution < 1.29 is 4.74 Å². The quantitative estimate of drug-likeness (QED) is 0.809. The molecule has 1 heterocycles. The number of likely N-dealkylation sites (N-methyl/N-ethyl adjacent to an activating group) is 1. The van der Waals surface area contributed by atoms with Crippen molar-refractivity contribution in [1.29, 1.82) is 0 Å². The number of hydrogen-bond donors (Lipinski definition) is 1. The number of nitrogens with one attached hydrogen (secondary N) is 1. The van der Waals surface area contributed by atoms with Gasteiger partial charge in [0.15, 0.2) is 0 Å². The van der Waals surface area contributed by atoms with E-state index >= 15 is 0 Å². The third-order valence-electron chi connectivity index (χ3n) is 3.09. The average molecular weight is 220 g/mol.